The highest BCUT2D eigenvalue weighted by atomic mass is 32.2. The van der Waals surface area contributed by atoms with Gasteiger partial charge in [0, 0.05) is 31.5 Å². The van der Waals surface area contributed by atoms with Crippen LogP contribution in [0.25, 0.3) is 0 Å². The van der Waals surface area contributed by atoms with Crippen molar-refractivity contribution < 1.29 is 17.9 Å². The molecule has 1 saturated carbocycles. The van der Waals surface area contributed by atoms with Crippen molar-refractivity contribution in [1.29, 1.82) is 0 Å². The number of carbonyl (C=O) groups is 1. The highest BCUT2D eigenvalue weighted by Gasteiger charge is 2.62. The van der Waals surface area contributed by atoms with Crippen LogP contribution in [0.15, 0.2) is 0 Å². The summed E-state index contributed by atoms with van der Waals surface area (Å²) in [5.74, 6) is -0.246. The molecule has 0 saturated heterocycles. The molecule has 1 amide bonds. The smallest absolute Gasteiger partial charge is 0.240 e. The van der Waals surface area contributed by atoms with Gasteiger partial charge in [0.05, 0.1) is 11.9 Å². The molecule has 0 radical (unpaired) electrons. The van der Waals surface area contributed by atoms with E-state index in [4.69, 9.17) is 10.5 Å². The average molecular weight is 321 g/mol. The van der Waals surface area contributed by atoms with Crippen LogP contribution in [0.4, 0.5) is 0 Å². The molecule has 21 heavy (non-hydrogen) atoms. The second-order valence-electron chi connectivity index (χ2n) is 5.89. The molecule has 0 aromatic carbocycles. The molecule has 0 aromatic heterocycles. The van der Waals surface area contributed by atoms with E-state index >= 15 is 0 Å². The van der Waals surface area contributed by atoms with Crippen LogP contribution in [-0.4, -0.2) is 51.4 Å². The molecule has 7 nitrogen and oxygen atoms in total. The predicted molar refractivity (Wildman–Crippen MR) is 81.2 cm³/mol. The van der Waals surface area contributed by atoms with E-state index < -0.39 is 21.0 Å². The van der Waals surface area contributed by atoms with Gasteiger partial charge in [0.15, 0.2) is 0 Å². The Balaban J connectivity index is 2.46. The van der Waals surface area contributed by atoms with Gasteiger partial charge in [0.2, 0.25) is 15.9 Å². The first-order valence-corrected chi connectivity index (χ1v) is 8.92. The molecule has 1 aliphatic rings. The Kier molecular flexibility index (Phi) is 5.76. The van der Waals surface area contributed by atoms with Crippen molar-refractivity contribution in [2.45, 2.75) is 45.8 Å². The molecular weight excluding hydrogens is 294 g/mol. The molecule has 4 N–H and O–H groups in total. The Morgan fingerprint density at radius 3 is 2.43 bits per heavy atom. The van der Waals surface area contributed by atoms with E-state index in [1.165, 1.54) is 0 Å². The van der Waals surface area contributed by atoms with Gasteiger partial charge in [-0.3, -0.25) is 4.79 Å². The van der Waals surface area contributed by atoms with E-state index in [9.17, 15) is 13.2 Å². The lowest BCUT2D eigenvalue weighted by Gasteiger charge is -2.57. The zero-order valence-corrected chi connectivity index (χ0v) is 14.0. The highest BCUT2D eigenvalue weighted by molar-refractivity contribution is 7.89. The minimum Gasteiger partial charge on any atom is -0.378 e. The minimum atomic E-state index is -3.24. The highest BCUT2D eigenvalue weighted by Crippen LogP contribution is 2.49. The van der Waals surface area contributed by atoms with Gasteiger partial charge in [-0.1, -0.05) is 13.8 Å². The molecule has 1 aliphatic carbocycles. The van der Waals surface area contributed by atoms with Crippen LogP contribution in [-0.2, 0) is 19.6 Å². The number of hydrogen-bond acceptors (Lipinski definition) is 5. The van der Waals surface area contributed by atoms with Crippen LogP contribution < -0.4 is 15.8 Å². The van der Waals surface area contributed by atoms with E-state index in [1.54, 1.807) is 6.92 Å². The number of ether oxygens (including phenoxy) is 1. The van der Waals surface area contributed by atoms with Crippen molar-refractivity contribution in [2.75, 3.05) is 25.4 Å². The van der Waals surface area contributed by atoms with Gasteiger partial charge in [-0.25, -0.2) is 13.1 Å². The SMILES string of the molecule is CCOC1CC(N)(C(=O)NCCNS(=O)(=O)CC)C1(C)C. The van der Waals surface area contributed by atoms with E-state index in [0.29, 0.717) is 13.0 Å². The van der Waals surface area contributed by atoms with E-state index in [-0.39, 0.29) is 30.9 Å². The molecule has 0 aliphatic heterocycles. The van der Waals surface area contributed by atoms with Gasteiger partial charge >= 0.3 is 0 Å². The van der Waals surface area contributed by atoms with Gasteiger partial charge in [0.1, 0.15) is 5.54 Å². The standard InChI is InChI=1S/C13H27N3O4S/c1-5-20-10-9-13(14,12(10,3)4)11(17)15-7-8-16-21(18,19)6-2/h10,16H,5-9,14H2,1-4H3,(H,15,17). The molecule has 0 spiro atoms. The molecule has 0 aromatic rings. The summed E-state index contributed by atoms with van der Waals surface area (Å²) in [6, 6.07) is 0. The monoisotopic (exact) mass is 321 g/mol. The summed E-state index contributed by atoms with van der Waals surface area (Å²) in [5, 5.41) is 2.69. The van der Waals surface area contributed by atoms with Crippen molar-refractivity contribution in [1.82, 2.24) is 10.0 Å². The quantitative estimate of drug-likeness (QED) is 0.526. The lowest BCUT2D eigenvalue weighted by molar-refractivity contribution is -0.170. The lowest BCUT2D eigenvalue weighted by Crippen LogP contribution is -2.75. The normalized spacial score (nSPS) is 28.0. The number of hydrogen-bond donors (Lipinski definition) is 3. The average Bonchev–Trinajstić information content (AvgIpc) is 2.42. The Labute approximate surface area is 127 Å². The molecular formula is C13H27N3O4S. The third-order valence-corrected chi connectivity index (χ3v) is 5.75. The lowest BCUT2D eigenvalue weighted by atomic mass is 9.54. The molecule has 1 fully saturated rings. The van der Waals surface area contributed by atoms with Crippen LogP contribution in [0.2, 0.25) is 0 Å². The summed E-state index contributed by atoms with van der Waals surface area (Å²) < 4.78 is 30.5. The van der Waals surface area contributed by atoms with Crippen LogP contribution in [0.1, 0.15) is 34.1 Å². The summed E-state index contributed by atoms with van der Waals surface area (Å²) >= 11 is 0. The van der Waals surface area contributed by atoms with Gasteiger partial charge < -0.3 is 15.8 Å². The number of sulfonamides is 1. The first-order chi connectivity index (χ1) is 9.60. The molecule has 124 valence electrons. The Morgan fingerprint density at radius 1 is 1.33 bits per heavy atom. The van der Waals surface area contributed by atoms with Gasteiger partial charge in [-0.2, -0.15) is 0 Å². The summed E-state index contributed by atoms with van der Waals surface area (Å²) in [5.41, 5.74) is 4.78. The van der Waals surface area contributed by atoms with Crippen molar-refractivity contribution in [3.05, 3.63) is 0 Å². The maximum Gasteiger partial charge on any atom is 0.240 e. The zero-order chi connectivity index (χ0) is 16.3. The number of nitrogens with one attached hydrogen (secondary N) is 2. The molecule has 2 atom stereocenters. The Morgan fingerprint density at radius 2 is 1.95 bits per heavy atom. The predicted octanol–water partition coefficient (Wildman–Crippen LogP) is -0.426. The fourth-order valence-corrected chi connectivity index (χ4v) is 3.08. The van der Waals surface area contributed by atoms with Crippen LogP contribution >= 0.6 is 0 Å². The third kappa shape index (κ3) is 3.74. The van der Waals surface area contributed by atoms with Crippen molar-refractivity contribution in [3.8, 4) is 0 Å². The Hall–Kier alpha value is -0.700. The maximum atomic E-state index is 12.2. The zero-order valence-electron chi connectivity index (χ0n) is 13.2. The first kappa shape index (κ1) is 18.3. The molecule has 0 bridgehead atoms. The largest absolute Gasteiger partial charge is 0.378 e. The Bertz CT molecular complexity index is 478. The summed E-state index contributed by atoms with van der Waals surface area (Å²) in [6.45, 7) is 8.25. The van der Waals surface area contributed by atoms with Gasteiger partial charge in [-0.05, 0) is 13.8 Å². The molecule has 8 heteroatoms. The summed E-state index contributed by atoms with van der Waals surface area (Å²) in [6.07, 6.45) is 0.442. The third-order valence-electron chi connectivity index (χ3n) is 4.35. The van der Waals surface area contributed by atoms with Crippen LogP contribution in [0.5, 0.6) is 0 Å². The van der Waals surface area contributed by atoms with Crippen molar-refractivity contribution in [2.24, 2.45) is 11.1 Å². The molecule has 0 heterocycles. The van der Waals surface area contributed by atoms with Gasteiger partial charge in [-0.15, -0.1) is 0 Å². The van der Waals surface area contributed by atoms with E-state index in [0.717, 1.165) is 0 Å². The second kappa shape index (κ2) is 6.60. The van der Waals surface area contributed by atoms with Crippen molar-refractivity contribution >= 4 is 15.9 Å². The topological polar surface area (TPSA) is 111 Å². The number of carbonyl (C=O) groups excluding carboxylic acids is 1. The fourth-order valence-electron chi connectivity index (χ4n) is 2.46. The van der Waals surface area contributed by atoms with E-state index in [2.05, 4.69) is 10.0 Å². The second-order valence-corrected chi connectivity index (χ2v) is 7.99. The minimum absolute atomic E-state index is 0.0187. The maximum absolute atomic E-state index is 12.2. The van der Waals surface area contributed by atoms with E-state index in [1.807, 2.05) is 20.8 Å². The number of amides is 1. The van der Waals surface area contributed by atoms with Gasteiger partial charge in [0.25, 0.3) is 0 Å². The van der Waals surface area contributed by atoms with Crippen LogP contribution in [0, 0.1) is 5.41 Å². The number of rotatable bonds is 8. The van der Waals surface area contributed by atoms with Crippen molar-refractivity contribution in [3.63, 3.8) is 0 Å². The fraction of sp³-hybridized carbons (Fsp3) is 0.923. The first-order valence-electron chi connectivity index (χ1n) is 7.27. The summed E-state index contributed by atoms with van der Waals surface area (Å²) in [7, 11) is -3.24. The molecule has 1 rings (SSSR count). The van der Waals surface area contributed by atoms with Crippen LogP contribution in [0.3, 0.4) is 0 Å². The summed E-state index contributed by atoms with van der Waals surface area (Å²) in [4.78, 5) is 12.2. The molecule has 2 unspecified atom stereocenters. The number of nitrogens with two attached hydrogens (primary N) is 1.